The summed E-state index contributed by atoms with van der Waals surface area (Å²) >= 11 is 3.96. The van der Waals surface area contributed by atoms with Crippen LogP contribution in [0, 0.1) is 0 Å². The van der Waals surface area contributed by atoms with Gasteiger partial charge in [-0.1, -0.05) is 11.6 Å². The first kappa shape index (κ1) is 11.1. The first-order chi connectivity index (χ1) is 2.94. The SMILES string of the molecule is Cl.FC(Cl)C(F)(F)F. The summed E-state index contributed by atoms with van der Waals surface area (Å²) in [5.74, 6) is 0. The van der Waals surface area contributed by atoms with E-state index in [1.807, 2.05) is 0 Å². The molecule has 0 aromatic carbocycles. The third kappa shape index (κ3) is 4.46. The molecule has 0 bridgehead atoms. The summed E-state index contributed by atoms with van der Waals surface area (Å²) in [6.07, 6.45) is -4.90. The van der Waals surface area contributed by atoms with Crippen molar-refractivity contribution in [2.45, 2.75) is 11.8 Å². The van der Waals surface area contributed by atoms with E-state index in [1.54, 1.807) is 0 Å². The molecule has 0 radical (unpaired) electrons. The van der Waals surface area contributed by atoms with Crippen molar-refractivity contribution in [3.63, 3.8) is 0 Å². The van der Waals surface area contributed by atoms with Crippen LogP contribution in [-0.2, 0) is 0 Å². The summed E-state index contributed by atoms with van der Waals surface area (Å²) in [5, 5.41) is 0. The van der Waals surface area contributed by atoms with Gasteiger partial charge in [0.15, 0.2) is 0 Å². The summed E-state index contributed by atoms with van der Waals surface area (Å²) in [7, 11) is 0. The van der Waals surface area contributed by atoms with E-state index in [-0.39, 0.29) is 12.4 Å². The largest absolute Gasteiger partial charge is 0.433 e. The van der Waals surface area contributed by atoms with Gasteiger partial charge in [-0.15, -0.1) is 12.4 Å². The molecule has 0 aliphatic heterocycles. The van der Waals surface area contributed by atoms with Gasteiger partial charge >= 0.3 is 6.18 Å². The first-order valence-electron chi connectivity index (χ1n) is 1.29. The van der Waals surface area contributed by atoms with E-state index in [2.05, 4.69) is 11.6 Å². The van der Waals surface area contributed by atoms with Crippen molar-refractivity contribution in [1.29, 1.82) is 0 Å². The maximum Gasteiger partial charge on any atom is 0.433 e. The van der Waals surface area contributed by atoms with Gasteiger partial charge in [-0.05, 0) is 0 Å². The highest BCUT2D eigenvalue weighted by Crippen LogP contribution is 2.24. The maximum atomic E-state index is 10.8. The number of alkyl halides is 5. The molecule has 0 nitrogen and oxygen atoms in total. The van der Waals surface area contributed by atoms with E-state index in [0.717, 1.165) is 0 Å². The summed E-state index contributed by atoms with van der Waals surface area (Å²) in [6.45, 7) is 0. The molecule has 0 rings (SSSR count). The van der Waals surface area contributed by atoms with Crippen LogP contribution in [0.5, 0.6) is 0 Å². The van der Waals surface area contributed by atoms with Crippen LogP contribution < -0.4 is 0 Å². The van der Waals surface area contributed by atoms with E-state index in [1.165, 1.54) is 0 Å². The van der Waals surface area contributed by atoms with Crippen LogP contribution in [0.25, 0.3) is 0 Å². The molecule has 0 aromatic heterocycles. The third-order valence-corrected chi connectivity index (χ3v) is 0.495. The summed E-state index contributed by atoms with van der Waals surface area (Å²) < 4.78 is 42.9. The Kier molecular flexibility index (Phi) is 4.67. The van der Waals surface area contributed by atoms with Crippen molar-refractivity contribution in [1.82, 2.24) is 0 Å². The van der Waals surface area contributed by atoms with Crippen molar-refractivity contribution >= 4 is 24.0 Å². The van der Waals surface area contributed by atoms with Crippen LogP contribution in [0.1, 0.15) is 0 Å². The Bertz CT molecular complexity index is 57.5. The fourth-order valence-corrected chi connectivity index (χ4v) is 0. The highest BCUT2D eigenvalue weighted by molar-refractivity contribution is 6.20. The van der Waals surface area contributed by atoms with Gasteiger partial charge in [-0.3, -0.25) is 0 Å². The molecule has 0 aliphatic rings. The standard InChI is InChI=1S/C2HClF4.ClH/c3-1(4)2(5,6)7;/h1H;1H. The zero-order valence-electron chi connectivity index (χ0n) is 3.38. The Hall–Kier alpha value is 0.300. The van der Waals surface area contributed by atoms with E-state index >= 15 is 0 Å². The average Bonchev–Trinajstić information content (AvgIpc) is 1.31. The molecular weight excluding hydrogens is 171 g/mol. The quantitative estimate of drug-likeness (QED) is 0.390. The molecule has 0 saturated heterocycles. The van der Waals surface area contributed by atoms with Crippen LogP contribution in [0.15, 0.2) is 0 Å². The van der Waals surface area contributed by atoms with Crippen LogP contribution in [-0.4, -0.2) is 11.8 Å². The molecule has 0 heterocycles. The van der Waals surface area contributed by atoms with E-state index in [4.69, 9.17) is 0 Å². The lowest BCUT2D eigenvalue weighted by atomic mass is 10.7. The van der Waals surface area contributed by atoms with Crippen LogP contribution in [0.3, 0.4) is 0 Å². The molecule has 6 heteroatoms. The smallest absolute Gasteiger partial charge is 0.220 e. The second-order valence-electron chi connectivity index (χ2n) is 0.842. The predicted octanol–water partition coefficient (Wildman–Crippen LogP) is 2.50. The number of rotatable bonds is 0. The minimum atomic E-state index is -4.90. The molecule has 0 fully saturated rings. The average molecular weight is 173 g/mol. The zero-order valence-corrected chi connectivity index (χ0v) is 4.95. The fraction of sp³-hybridized carbons (Fsp3) is 1.00. The highest BCUT2D eigenvalue weighted by Gasteiger charge is 2.38. The van der Waals surface area contributed by atoms with Crippen molar-refractivity contribution in [3.05, 3.63) is 0 Å². The van der Waals surface area contributed by atoms with E-state index < -0.39 is 11.8 Å². The van der Waals surface area contributed by atoms with Crippen LogP contribution >= 0.6 is 24.0 Å². The molecule has 0 aliphatic carbocycles. The minimum Gasteiger partial charge on any atom is -0.220 e. The highest BCUT2D eigenvalue weighted by atomic mass is 35.5. The maximum absolute atomic E-state index is 10.8. The molecule has 0 saturated carbocycles. The summed E-state index contributed by atoms with van der Waals surface area (Å²) in [6, 6.07) is 0. The fourth-order valence-electron chi connectivity index (χ4n) is 0. The van der Waals surface area contributed by atoms with Crippen LogP contribution in [0.4, 0.5) is 17.6 Å². The van der Waals surface area contributed by atoms with Gasteiger partial charge in [0.1, 0.15) is 0 Å². The van der Waals surface area contributed by atoms with Gasteiger partial charge in [0.2, 0.25) is 0 Å². The molecule has 1 unspecified atom stereocenters. The lowest BCUT2D eigenvalue weighted by molar-refractivity contribution is -0.156. The normalized spacial score (nSPS) is 14.6. The van der Waals surface area contributed by atoms with E-state index in [0.29, 0.717) is 0 Å². The molecule has 1 atom stereocenters. The third-order valence-electron chi connectivity index (χ3n) is 0.247. The van der Waals surface area contributed by atoms with Crippen molar-refractivity contribution < 1.29 is 17.6 Å². The van der Waals surface area contributed by atoms with Gasteiger partial charge < -0.3 is 0 Å². The lowest BCUT2D eigenvalue weighted by Gasteiger charge is -2.01. The molecule has 8 heavy (non-hydrogen) atoms. The van der Waals surface area contributed by atoms with Gasteiger partial charge in [0, 0.05) is 0 Å². The number of halogens is 6. The second kappa shape index (κ2) is 3.35. The Morgan fingerprint density at radius 1 is 1.25 bits per heavy atom. The topological polar surface area (TPSA) is 0 Å². The molecule has 0 N–H and O–H groups in total. The summed E-state index contributed by atoms with van der Waals surface area (Å²) in [4.78, 5) is 0. The minimum absolute atomic E-state index is 0. The van der Waals surface area contributed by atoms with Crippen molar-refractivity contribution in [2.24, 2.45) is 0 Å². The summed E-state index contributed by atoms with van der Waals surface area (Å²) in [5.41, 5.74) is -3.23. The van der Waals surface area contributed by atoms with Gasteiger partial charge in [0.25, 0.3) is 5.63 Å². The van der Waals surface area contributed by atoms with Gasteiger partial charge in [-0.25, -0.2) is 4.39 Å². The second-order valence-corrected chi connectivity index (χ2v) is 1.23. The lowest BCUT2D eigenvalue weighted by Crippen LogP contribution is -2.17. The Balaban J connectivity index is 0. The first-order valence-corrected chi connectivity index (χ1v) is 1.73. The number of hydrogen-bond acceptors (Lipinski definition) is 0. The molecule has 0 amide bonds. The van der Waals surface area contributed by atoms with Crippen molar-refractivity contribution in [2.75, 3.05) is 0 Å². The number of hydrogen-bond donors (Lipinski definition) is 0. The Morgan fingerprint density at radius 2 is 1.38 bits per heavy atom. The molecule has 52 valence electrons. The van der Waals surface area contributed by atoms with Crippen molar-refractivity contribution in [3.8, 4) is 0 Å². The van der Waals surface area contributed by atoms with Gasteiger partial charge in [-0.2, -0.15) is 13.2 Å². The zero-order chi connectivity index (χ0) is 6.08. The molecular formula is C2H2Cl2F4. The monoisotopic (exact) mass is 172 g/mol. The van der Waals surface area contributed by atoms with E-state index in [9.17, 15) is 17.6 Å². The van der Waals surface area contributed by atoms with Gasteiger partial charge in [0.05, 0.1) is 0 Å². The predicted molar refractivity (Wildman–Crippen MR) is 24.1 cm³/mol. The molecule has 0 aromatic rings. The Labute approximate surface area is 54.2 Å². The van der Waals surface area contributed by atoms with Crippen LogP contribution in [0.2, 0.25) is 0 Å². The molecule has 0 spiro atoms. The Morgan fingerprint density at radius 3 is 1.38 bits per heavy atom.